The Labute approximate surface area is 175 Å². The predicted molar refractivity (Wildman–Crippen MR) is 106 cm³/mol. The van der Waals surface area contributed by atoms with Crippen molar-refractivity contribution in [2.45, 2.75) is 50.5 Å². The molecule has 2 aromatic carbocycles. The lowest BCUT2D eigenvalue weighted by Gasteiger charge is -2.48. The number of ether oxygens (including phenoxy) is 6. The maximum absolute atomic E-state index is 11.8. The lowest BCUT2D eigenvalue weighted by molar-refractivity contribution is -0.364. The molecule has 0 N–H and O–H groups in total. The first-order chi connectivity index (χ1) is 14.7. The number of fused-ring (bicyclic) bond motifs is 1. The van der Waals surface area contributed by atoms with E-state index in [0.717, 1.165) is 11.1 Å². The van der Waals surface area contributed by atoms with Crippen LogP contribution in [0.3, 0.4) is 0 Å². The Kier molecular flexibility index (Phi) is 6.76. The van der Waals surface area contributed by atoms with Crippen molar-refractivity contribution in [3.05, 3.63) is 71.8 Å². The molecule has 7 nitrogen and oxygen atoms in total. The summed E-state index contributed by atoms with van der Waals surface area (Å²) in [4.78, 5) is 11.8. The third kappa shape index (κ3) is 4.71. The first-order valence-corrected chi connectivity index (χ1v) is 9.98. The SMILES string of the molecule is CO[C@H]1O[C@@H]2COC(c3ccccc3)O[C@H]2[C@@H](OCc2ccccc2)[C@H]1OC(C)=O. The molecule has 0 radical (unpaired) electrons. The van der Waals surface area contributed by atoms with Crippen LogP contribution in [-0.4, -0.2) is 50.4 Å². The van der Waals surface area contributed by atoms with Crippen molar-refractivity contribution < 1.29 is 33.2 Å². The van der Waals surface area contributed by atoms with Crippen LogP contribution < -0.4 is 0 Å². The molecule has 0 saturated carbocycles. The van der Waals surface area contributed by atoms with Crippen LogP contribution in [0.4, 0.5) is 0 Å². The minimum Gasteiger partial charge on any atom is -0.454 e. The summed E-state index contributed by atoms with van der Waals surface area (Å²) in [6.07, 6.45) is -3.61. The zero-order valence-electron chi connectivity index (χ0n) is 17.0. The van der Waals surface area contributed by atoms with Gasteiger partial charge in [-0.05, 0) is 5.56 Å². The van der Waals surface area contributed by atoms with E-state index in [9.17, 15) is 4.79 Å². The van der Waals surface area contributed by atoms with Gasteiger partial charge in [0.25, 0.3) is 0 Å². The Bertz CT molecular complexity index is 813. The average Bonchev–Trinajstić information content (AvgIpc) is 2.78. The molecule has 2 aliphatic heterocycles. The molecular weight excluding hydrogens is 388 g/mol. The van der Waals surface area contributed by atoms with Gasteiger partial charge in [0.1, 0.15) is 18.3 Å². The molecule has 0 bridgehead atoms. The number of carbonyl (C=O) groups excluding carboxylic acids is 1. The fourth-order valence-electron chi connectivity index (χ4n) is 3.79. The molecule has 6 atom stereocenters. The number of rotatable bonds is 6. The quantitative estimate of drug-likeness (QED) is 0.673. The molecule has 0 spiro atoms. The van der Waals surface area contributed by atoms with Crippen molar-refractivity contribution in [3.63, 3.8) is 0 Å². The minimum atomic E-state index is -0.781. The predicted octanol–water partition coefficient (Wildman–Crippen LogP) is 2.99. The number of esters is 1. The maximum Gasteiger partial charge on any atom is 0.303 e. The van der Waals surface area contributed by atoms with E-state index in [1.807, 2.05) is 60.7 Å². The highest BCUT2D eigenvalue weighted by Gasteiger charge is 2.52. The molecule has 7 heteroatoms. The van der Waals surface area contributed by atoms with Gasteiger partial charge in [-0.3, -0.25) is 4.79 Å². The van der Waals surface area contributed by atoms with Gasteiger partial charge in [0, 0.05) is 19.6 Å². The molecule has 2 heterocycles. The summed E-state index contributed by atoms with van der Waals surface area (Å²) >= 11 is 0. The minimum absolute atomic E-state index is 0.308. The zero-order valence-corrected chi connectivity index (χ0v) is 17.0. The second-order valence-electron chi connectivity index (χ2n) is 7.29. The van der Waals surface area contributed by atoms with Gasteiger partial charge in [-0.15, -0.1) is 0 Å². The fourth-order valence-corrected chi connectivity index (χ4v) is 3.79. The van der Waals surface area contributed by atoms with E-state index >= 15 is 0 Å². The highest BCUT2D eigenvalue weighted by molar-refractivity contribution is 5.66. The Morgan fingerprint density at radius 1 is 1.00 bits per heavy atom. The monoisotopic (exact) mass is 414 g/mol. The smallest absolute Gasteiger partial charge is 0.303 e. The highest BCUT2D eigenvalue weighted by atomic mass is 16.8. The van der Waals surface area contributed by atoms with Gasteiger partial charge in [0.2, 0.25) is 0 Å². The van der Waals surface area contributed by atoms with Gasteiger partial charge in [-0.1, -0.05) is 60.7 Å². The van der Waals surface area contributed by atoms with Gasteiger partial charge < -0.3 is 28.4 Å². The molecule has 2 saturated heterocycles. The summed E-state index contributed by atoms with van der Waals surface area (Å²) in [6.45, 7) is 2.00. The average molecular weight is 414 g/mol. The van der Waals surface area contributed by atoms with Crippen LogP contribution in [0.1, 0.15) is 24.3 Å². The summed E-state index contributed by atoms with van der Waals surface area (Å²) in [7, 11) is 1.51. The van der Waals surface area contributed by atoms with E-state index in [0.29, 0.717) is 13.2 Å². The molecule has 4 rings (SSSR count). The van der Waals surface area contributed by atoms with Crippen molar-refractivity contribution >= 4 is 5.97 Å². The molecule has 0 amide bonds. The Hall–Kier alpha value is -2.29. The van der Waals surface area contributed by atoms with Gasteiger partial charge >= 0.3 is 5.97 Å². The van der Waals surface area contributed by atoms with Crippen molar-refractivity contribution in [1.29, 1.82) is 0 Å². The Balaban J connectivity index is 1.58. The van der Waals surface area contributed by atoms with Crippen LogP contribution >= 0.6 is 0 Å². The third-order valence-corrected chi connectivity index (χ3v) is 5.18. The molecule has 1 unspecified atom stereocenters. The first-order valence-electron chi connectivity index (χ1n) is 9.98. The number of methoxy groups -OCH3 is 1. The zero-order chi connectivity index (χ0) is 20.9. The third-order valence-electron chi connectivity index (χ3n) is 5.18. The summed E-state index contributed by atoms with van der Waals surface area (Å²) in [6, 6.07) is 19.5. The second-order valence-corrected chi connectivity index (χ2v) is 7.29. The van der Waals surface area contributed by atoms with Crippen molar-refractivity contribution in [1.82, 2.24) is 0 Å². The normalized spacial score (nSPS) is 31.0. The van der Waals surface area contributed by atoms with E-state index < -0.39 is 43.0 Å². The molecule has 0 aromatic heterocycles. The summed E-state index contributed by atoms with van der Waals surface area (Å²) in [5, 5.41) is 0. The van der Waals surface area contributed by atoms with Crippen LogP contribution in [0.2, 0.25) is 0 Å². The topological polar surface area (TPSA) is 72.5 Å². The second kappa shape index (κ2) is 9.68. The van der Waals surface area contributed by atoms with E-state index in [1.54, 1.807) is 0 Å². The lowest BCUT2D eigenvalue weighted by atomic mass is 9.97. The van der Waals surface area contributed by atoms with Crippen molar-refractivity contribution in [3.8, 4) is 0 Å². The number of hydrogen-bond donors (Lipinski definition) is 0. The largest absolute Gasteiger partial charge is 0.454 e. The van der Waals surface area contributed by atoms with Crippen LogP contribution in [0.25, 0.3) is 0 Å². The number of benzene rings is 2. The van der Waals surface area contributed by atoms with Crippen molar-refractivity contribution in [2.24, 2.45) is 0 Å². The molecular formula is C23H26O7. The number of hydrogen-bond acceptors (Lipinski definition) is 7. The van der Waals surface area contributed by atoms with E-state index in [4.69, 9.17) is 28.4 Å². The molecule has 0 aliphatic carbocycles. The van der Waals surface area contributed by atoms with E-state index in [2.05, 4.69) is 0 Å². The lowest BCUT2D eigenvalue weighted by Crippen LogP contribution is -2.63. The maximum atomic E-state index is 11.8. The standard InChI is InChI=1S/C23H26O7/c1-15(24)28-21-20(26-13-16-9-5-3-6-10-16)19-18(29-23(21)25-2)14-27-22(30-19)17-11-7-4-8-12-17/h3-12,18-23H,13-14H2,1-2H3/t18-,19-,20-,21-,22?,23+/m1/s1. The van der Waals surface area contributed by atoms with Gasteiger partial charge in [0.15, 0.2) is 18.7 Å². The first kappa shape index (κ1) is 21.0. The van der Waals surface area contributed by atoms with Crippen LogP contribution in [0.15, 0.2) is 60.7 Å². The summed E-state index contributed by atoms with van der Waals surface area (Å²) < 4.78 is 35.4. The van der Waals surface area contributed by atoms with E-state index in [-0.39, 0.29) is 0 Å². The number of carbonyl (C=O) groups is 1. The Morgan fingerprint density at radius 2 is 1.70 bits per heavy atom. The van der Waals surface area contributed by atoms with Gasteiger partial charge in [-0.25, -0.2) is 0 Å². The van der Waals surface area contributed by atoms with Crippen molar-refractivity contribution in [2.75, 3.05) is 13.7 Å². The van der Waals surface area contributed by atoms with Crippen LogP contribution in [0.5, 0.6) is 0 Å². The summed E-state index contributed by atoms with van der Waals surface area (Å²) in [5.74, 6) is -0.441. The van der Waals surface area contributed by atoms with Crippen LogP contribution in [-0.2, 0) is 39.8 Å². The molecule has 30 heavy (non-hydrogen) atoms. The molecule has 2 aromatic rings. The molecule has 2 fully saturated rings. The molecule has 160 valence electrons. The van der Waals surface area contributed by atoms with Gasteiger partial charge in [0.05, 0.1) is 13.2 Å². The highest BCUT2D eigenvalue weighted by Crippen LogP contribution is 2.36. The Morgan fingerprint density at radius 3 is 2.37 bits per heavy atom. The summed E-state index contributed by atoms with van der Waals surface area (Å²) in [5.41, 5.74) is 1.90. The molecule has 2 aliphatic rings. The van der Waals surface area contributed by atoms with Gasteiger partial charge in [-0.2, -0.15) is 0 Å². The fraction of sp³-hybridized carbons (Fsp3) is 0.435. The van der Waals surface area contributed by atoms with Crippen LogP contribution in [0, 0.1) is 0 Å². The van der Waals surface area contributed by atoms with E-state index in [1.165, 1.54) is 14.0 Å².